The van der Waals surface area contributed by atoms with Gasteiger partial charge < -0.3 is 4.74 Å². The lowest BCUT2D eigenvalue weighted by molar-refractivity contribution is 0.0595. The highest BCUT2D eigenvalue weighted by Gasteiger charge is 2.24. The van der Waals surface area contributed by atoms with E-state index in [2.05, 4.69) is 9.72 Å². The van der Waals surface area contributed by atoms with Crippen molar-refractivity contribution in [2.75, 3.05) is 7.11 Å². The fourth-order valence-corrected chi connectivity index (χ4v) is 3.24. The van der Waals surface area contributed by atoms with E-state index in [0.29, 0.717) is 5.56 Å². The Morgan fingerprint density at radius 2 is 1.85 bits per heavy atom. The average Bonchev–Trinajstić information content (AvgIpc) is 2.47. The molecule has 0 atom stereocenters. The number of ether oxygens (including phenoxy) is 1. The number of nitrogens with zero attached hydrogens (tertiary/aromatic N) is 1. The maximum atomic E-state index is 12.4. The molecule has 1 aromatic carbocycles. The van der Waals surface area contributed by atoms with E-state index in [4.69, 9.17) is 0 Å². The highest BCUT2D eigenvalue weighted by atomic mass is 32.2. The molecule has 0 fully saturated rings. The van der Waals surface area contributed by atoms with E-state index in [1.807, 2.05) is 0 Å². The van der Waals surface area contributed by atoms with Crippen LogP contribution in [0, 0.1) is 0 Å². The van der Waals surface area contributed by atoms with Crippen LogP contribution in [-0.2, 0) is 20.3 Å². The molecular weight excluding hydrogens is 278 g/mol. The molecule has 0 saturated carbocycles. The summed E-state index contributed by atoms with van der Waals surface area (Å²) in [5, 5.41) is -0.254. The molecule has 0 bridgehead atoms. The number of aromatic nitrogens is 1. The average molecular weight is 291 g/mol. The van der Waals surface area contributed by atoms with Gasteiger partial charge >= 0.3 is 5.97 Å². The normalized spacial score (nSPS) is 11.1. The van der Waals surface area contributed by atoms with Gasteiger partial charge in [0.25, 0.3) is 0 Å². The van der Waals surface area contributed by atoms with Crippen molar-refractivity contribution in [3.05, 3.63) is 59.8 Å². The third kappa shape index (κ3) is 3.03. The smallest absolute Gasteiger partial charge is 0.340 e. The summed E-state index contributed by atoms with van der Waals surface area (Å²) in [5.41, 5.74) is 0.583. The highest BCUT2D eigenvalue weighted by Crippen LogP contribution is 2.18. The van der Waals surface area contributed by atoms with Crippen LogP contribution in [-0.4, -0.2) is 26.5 Å². The quantitative estimate of drug-likeness (QED) is 0.804. The van der Waals surface area contributed by atoms with Gasteiger partial charge in [-0.2, -0.15) is 0 Å². The topological polar surface area (TPSA) is 73.3 Å². The molecule has 0 aliphatic heterocycles. The van der Waals surface area contributed by atoms with Gasteiger partial charge in [0.2, 0.25) is 9.84 Å². The van der Waals surface area contributed by atoms with E-state index >= 15 is 0 Å². The first-order valence-electron chi connectivity index (χ1n) is 5.84. The second-order valence-corrected chi connectivity index (χ2v) is 6.00. The van der Waals surface area contributed by atoms with Crippen molar-refractivity contribution in [3.63, 3.8) is 0 Å². The molecule has 2 rings (SSSR count). The number of pyridine rings is 1. The van der Waals surface area contributed by atoms with E-state index in [0.717, 1.165) is 0 Å². The SMILES string of the molecule is COC(=O)c1cccnc1S(=O)(=O)Cc1ccccc1. The van der Waals surface area contributed by atoms with Crippen LogP contribution in [0.5, 0.6) is 0 Å². The highest BCUT2D eigenvalue weighted by molar-refractivity contribution is 7.90. The molecule has 20 heavy (non-hydrogen) atoms. The molecule has 104 valence electrons. The van der Waals surface area contributed by atoms with Gasteiger partial charge in [0.05, 0.1) is 18.4 Å². The number of sulfone groups is 1. The van der Waals surface area contributed by atoms with Gasteiger partial charge in [0.1, 0.15) is 0 Å². The Morgan fingerprint density at radius 1 is 1.15 bits per heavy atom. The lowest BCUT2D eigenvalue weighted by Crippen LogP contribution is -2.14. The lowest BCUT2D eigenvalue weighted by Gasteiger charge is -2.08. The number of carbonyl (C=O) groups excluding carboxylic acids is 1. The number of carbonyl (C=O) groups is 1. The van der Waals surface area contributed by atoms with Crippen molar-refractivity contribution in [3.8, 4) is 0 Å². The maximum Gasteiger partial charge on any atom is 0.340 e. The molecule has 2 aromatic rings. The van der Waals surface area contributed by atoms with Crippen molar-refractivity contribution in [2.45, 2.75) is 10.8 Å². The monoisotopic (exact) mass is 291 g/mol. The second kappa shape index (κ2) is 5.83. The maximum absolute atomic E-state index is 12.4. The van der Waals surface area contributed by atoms with Crippen LogP contribution in [0.2, 0.25) is 0 Å². The van der Waals surface area contributed by atoms with E-state index < -0.39 is 15.8 Å². The Labute approximate surface area is 117 Å². The molecule has 0 radical (unpaired) electrons. The molecule has 0 unspecified atom stereocenters. The predicted octanol–water partition coefficient (Wildman–Crippen LogP) is 1.84. The molecule has 1 aromatic heterocycles. The third-order valence-corrected chi connectivity index (χ3v) is 4.30. The summed E-state index contributed by atoms with van der Waals surface area (Å²) in [7, 11) is -2.51. The first-order valence-corrected chi connectivity index (χ1v) is 7.50. The predicted molar refractivity (Wildman–Crippen MR) is 72.9 cm³/mol. The molecule has 0 saturated heterocycles. The third-order valence-electron chi connectivity index (χ3n) is 2.67. The second-order valence-electron chi connectivity index (χ2n) is 4.09. The minimum absolute atomic E-state index is 0.0501. The fraction of sp³-hybridized carbons (Fsp3) is 0.143. The van der Waals surface area contributed by atoms with Crippen LogP contribution in [0.3, 0.4) is 0 Å². The number of rotatable bonds is 4. The number of benzene rings is 1. The Morgan fingerprint density at radius 3 is 2.50 bits per heavy atom. The van der Waals surface area contributed by atoms with Gasteiger partial charge in [0.15, 0.2) is 5.03 Å². The number of hydrogen-bond donors (Lipinski definition) is 0. The van der Waals surface area contributed by atoms with E-state index in [9.17, 15) is 13.2 Å². The van der Waals surface area contributed by atoms with Crippen LogP contribution in [0.15, 0.2) is 53.7 Å². The van der Waals surface area contributed by atoms with Gasteiger partial charge in [-0.1, -0.05) is 30.3 Å². The van der Waals surface area contributed by atoms with Gasteiger partial charge in [-0.15, -0.1) is 0 Å². The molecule has 0 amide bonds. The van der Waals surface area contributed by atoms with Gasteiger partial charge in [0, 0.05) is 6.20 Å². The minimum Gasteiger partial charge on any atom is -0.465 e. The number of methoxy groups -OCH3 is 1. The summed E-state index contributed by atoms with van der Waals surface area (Å²) in [6.45, 7) is 0. The first kappa shape index (κ1) is 14.2. The zero-order chi connectivity index (χ0) is 14.6. The summed E-state index contributed by atoms with van der Waals surface area (Å²) >= 11 is 0. The van der Waals surface area contributed by atoms with Crippen LogP contribution >= 0.6 is 0 Å². The number of hydrogen-bond acceptors (Lipinski definition) is 5. The van der Waals surface area contributed by atoms with Gasteiger partial charge in [-0.3, -0.25) is 0 Å². The Bertz CT molecular complexity index is 711. The van der Waals surface area contributed by atoms with Crippen LogP contribution in [0.25, 0.3) is 0 Å². The molecule has 0 N–H and O–H groups in total. The van der Waals surface area contributed by atoms with Gasteiger partial charge in [-0.05, 0) is 17.7 Å². The molecule has 1 heterocycles. The summed E-state index contributed by atoms with van der Waals surface area (Å²) in [5.74, 6) is -0.931. The zero-order valence-corrected chi connectivity index (χ0v) is 11.6. The fourth-order valence-electron chi connectivity index (χ4n) is 1.77. The summed E-state index contributed by atoms with van der Waals surface area (Å²) < 4.78 is 29.3. The van der Waals surface area contributed by atoms with E-state index in [-0.39, 0.29) is 16.3 Å². The molecule has 6 heteroatoms. The van der Waals surface area contributed by atoms with Gasteiger partial charge in [-0.25, -0.2) is 18.2 Å². The molecule has 5 nitrogen and oxygen atoms in total. The van der Waals surface area contributed by atoms with E-state index in [1.54, 1.807) is 30.3 Å². The standard InChI is InChI=1S/C14H13NO4S/c1-19-14(16)12-8-5-9-15-13(12)20(17,18)10-11-6-3-2-4-7-11/h2-9H,10H2,1H3. The molecule has 0 aliphatic carbocycles. The summed E-state index contributed by atoms with van der Waals surface area (Å²) in [4.78, 5) is 15.4. The van der Waals surface area contributed by atoms with Crippen molar-refractivity contribution in [2.24, 2.45) is 0 Å². The number of esters is 1. The van der Waals surface area contributed by atoms with Crippen molar-refractivity contribution in [1.82, 2.24) is 4.98 Å². The Balaban J connectivity index is 2.42. The summed E-state index contributed by atoms with van der Waals surface area (Å²) in [6, 6.07) is 11.6. The molecule has 0 aliphatic rings. The minimum atomic E-state index is -3.71. The Kier molecular flexibility index (Phi) is 4.14. The summed E-state index contributed by atoms with van der Waals surface area (Å²) in [6.07, 6.45) is 1.34. The zero-order valence-electron chi connectivity index (χ0n) is 10.8. The van der Waals surface area contributed by atoms with Crippen molar-refractivity contribution >= 4 is 15.8 Å². The largest absolute Gasteiger partial charge is 0.465 e. The first-order chi connectivity index (χ1) is 9.54. The Hall–Kier alpha value is -2.21. The van der Waals surface area contributed by atoms with Crippen LogP contribution in [0.4, 0.5) is 0 Å². The van der Waals surface area contributed by atoms with E-state index in [1.165, 1.54) is 25.4 Å². The molecule has 0 spiro atoms. The van der Waals surface area contributed by atoms with Crippen LogP contribution < -0.4 is 0 Å². The molecular formula is C14H13NO4S. The lowest BCUT2D eigenvalue weighted by atomic mass is 10.2. The van der Waals surface area contributed by atoms with Crippen molar-refractivity contribution in [1.29, 1.82) is 0 Å². The van der Waals surface area contributed by atoms with Crippen LogP contribution in [0.1, 0.15) is 15.9 Å². The van der Waals surface area contributed by atoms with Crippen molar-refractivity contribution < 1.29 is 17.9 Å².